The van der Waals surface area contributed by atoms with Crippen molar-refractivity contribution >= 4 is 23.4 Å². The van der Waals surface area contributed by atoms with Crippen molar-refractivity contribution in [2.75, 3.05) is 12.8 Å². The molecule has 0 aromatic heterocycles. The van der Waals surface area contributed by atoms with Crippen LogP contribution in [0.3, 0.4) is 0 Å². The van der Waals surface area contributed by atoms with E-state index in [2.05, 4.69) is 24.0 Å². The quantitative estimate of drug-likeness (QED) is 0.427. The molecule has 0 bridgehead atoms. The number of rotatable bonds is 8. The van der Waals surface area contributed by atoms with Crippen LogP contribution in [0.2, 0.25) is 5.02 Å². The molecule has 0 aliphatic carbocycles. The van der Waals surface area contributed by atoms with E-state index >= 15 is 0 Å². The SMILES string of the molecule is C=CCCCC(CSc1ccc(Cl)cc1)NC. The summed E-state index contributed by atoms with van der Waals surface area (Å²) in [5, 5.41) is 4.16. The van der Waals surface area contributed by atoms with Gasteiger partial charge in [-0.1, -0.05) is 17.7 Å². The molecular formula is C14H20ClNS. The van der Waals surface area contributed by atoms with Crippen LogP contribution >= 0.6 is 23.4 Å². The van der Waals surface area contributed by atoms with Crippen molar-refractivity contribution in [3.05, 3.63) is 41.9 Å². The molecule has 0 spiro atoms. The van der Waals surface area contributed by atoms with Crippen LogP contribution < -0.4 is 5.32 Å². The summed E-state index contributed by atoms with van der Waals surface area (Å²) in [6.45, 7) is 3.75. The molecule has 1 atom stereocenters. The van der Waals surface area contributed by atoms with Crippen molar-refractivity contribution in [3.8, 4) is 0 Å². The Labute approximate surface area is 114 Å². The molecule has 0 radical (unpaired) electrons. The highest BCUT2D eigenvalue weighted by molar-refractivity contribution is 7.99. The van der Waals surface area contributed by atoms with Gasteiger partial charge in [0.05, 0.1) is 0 Å². The smallest absolute Gasteiger partial charge is 0.0406 e. The van der Waals surface area contributed by atoms with E-state index in [1.54, 1.807) is 0 Å². The number of thioether (sulfide) groups is 1. The van der Waals surface area contributed by atoms with Crippen LogP contribution in [0.5, 0.6) is 0 Å². The molecule has 1 nitrogen and oxygen atoms in total. The topological polar surface area (TPSA) is 12.0 Å². The van der Waals surface area contributed by atoms with Crippen molar-refractivity contribution in [3.63, 3.8) is 0 Å². The molecule has 0 aliphatic heterocycles. The van der Waals surface area contributed by atoms with Gasteiger partial charge in [-0.3, -0.25) is 0 Å². The van der Waals surface area contributed by atoms with Crippen molar-refractivity contribution in [2.45, 2.75) is 30.2 Å². The zero-order chi connectivity index (χ0) is 12.5. The predicted molar refractivity (Wildman–Crippen MR) is 79.1 cm³/mol. The monoisotopic (exact) mass is 269 g/mol. The summed E-state index contributed by atoms with van der Waals surface area (Å²) in [6.07, 6.45) is 5.49. The summed E-state index contributed by atoms with van der Waals surface area (Å²) in [7, 11) is 2.03. The summed E-state index contributed by atoms with van der Waals surface area (Å²) < 4.78 is 0. The van der Waals surface area contributed by atoms with Crippen molar-refractivity contribution in [2.24, 2.45) is 0 Å². The normalized spacial score (nSPS) is 12.4. The molecule has 0 saturated carbocycles. The van der Waals surface area contributed by atoms with E-state index in [0.29, 0.717) is 6.04 Å². The molecule has 1 N–H and O–H groups in total. The highest BCUT2D eigenvalue weighted by Gasteiger charge is 2.06. The van der Waals surface area contributed by atoms with Gasteiger partial charge in [-0.15, -0.1) is 18.3 Å². The minimum atomic E-state index is 0.565. The highest BCUT2D eigenvalue weighted by Crippen LogP contribution is 2.22. The van der Waals surface area contributed by atoms with E-state index in [1.807, 2.05) is 37.0 Å². The van der Waals surface area contributed by atoms with Gasteiger partial charge >= 0.3 is 0 Å². The van der Waals surface area contributed by atoms with Gasteiger partial charge in [0.2, 0.25) is 0 Å². The average molecular weight is 270 g/mol. The maximum atomic E-state index is 5.86. The number of benzene rings is 1. The first-order valence-electron chi connectivity index (χ1n) is 5.92. The third kappa shape index (κ3) is 6.16. The van der Waals surface area contributed by atoms with Crippen molar-refractivity contribution in [1.82, 2.24) is 5.32 Å². The maximum absolute atomic E-state index is 5.86. The Bertz CT molecular complexity index is 323. The van der Waals surface area contributed by atoms with Gasteiger partial charge in [0, 0.05) is 21.7 Å². The number of allylic oxidation sites excluding steroid dienone is 1. The molecule has 1 aromatic carbocycles. The summed E-state index contributed by atoms with van der Waals surface area (Å²) in [5.74, 6) is 1.09. The van der Waals surface area contributed by atoms with Gasteiger partial charge in [0.25, 0.3) is 0 Å². The second-order valence-electron chi connectivity index (χ2n) is 3.97. The zero-order valence-electron chi connectivity index (χ0n) is 10.3. The molecule has 1 aromatic rings. The van der Waals surface area contributed by atoms with Crippen LogP contribution in [-0.2, 0) is 0 Å². The Morgan fingerprint density at radius 1 is 1.41 bits per heavy atom. The zero-order valence-corrected chi connectivity index (χ0v) is 11.9. The maximum Gasteiger partial charge on any atom is 0.0406 e. The lowest BCUT2D eigenvalue weighted by atomic mass is 10.1. The largest absolute Gasteiger partial charge is 0.316 e. The predicted octanol–water partition coefficient (Wildman–Crippen LogP) is 4.38. The fourth-order valence-electron chi connectivity index (χ4n) is 1.55. The molecular weight excluding hydrogens is 250 g/mol. The first kappa shape index (κ1) is 14.6. The summed E-state index contributed by atoms with van der Waals surface area (Å²) in [5.41, 5.74) is 0. The van der Waals surface area contributed by atoms with Crippen LogP contribution in [0.1, 0.15) is 19.3 Å². The fourth-order valence-corrected chi connectivity index (χ4v) is 2.73. The van der Waals surface area contributed by atoms with Crippen LogP contribution in [0.25, 0.3) is 0 Å². The Hall–Kier alpha value is -0.440. The molecule has 3 heteroatoms. The van der Waals surface area contributed by atoms with Gasteiger partial charge < -0.3 is 5.32 Å². The fraction of sp³-hybridized carbons (Fsp3) is 0.429. The lowest BCUT2D eigenvalue weighted by molar-refractivity contribution is 0.552. The van der Waals surface area contributed by atoms with Crippen LogP contribution in [0.15, 0.2) is 41.8 Å². The molecule has 0 heterocycles. The van der Waals surface area contributed by atoms with Gasteiger partial charge in [0.1, 0.15) is 0 Å². The highest BCUT2D eigenvalue weighted by atomic mass is 35.5. The van der Waals surface area contributed by atoms with Crippen LogP contribution in [0.4, 0.5) is 0 Å². The number of hydrogen-bond acceptors (Lipinski definition) is 2. The van der Waals surface area contributed by atoms with Gasteiger partial charge in [-0.05, 0) is 50.6 Å². The molecule has 0 amide bonds. The van der Waals surface area contributed by atoms with E-state index in [1.165, 1.54) is 17.7 Å². The number of nitrogens with one attached hydrogen (secondary N) is 1. The van der Waals surface area contributed by atoms with Crippen LogP contribution in [-0.4, -0.2) is 18.8 Å². The second-order valence-corrected chi connectivity index (χ2v) is 5.50. The Balaban J connectivity index is 2.31. The van der Waals surface area contributed by atoms with Gasteiger partial charge in [0.15, 0.2) is 0 Å². The molecule has 1 unspecified atom stereocenters. The average Bonchev–Trinajstić information content (AvgIpc) is 2.35. The van der Waals surface area contributed by atoms with Gasteiger partial charge in [-0.2, -0.15) is 0 Å². The van der Waals surface area contributed by atoms with E-state index in [0.717, 1.165) is 17.2 Å². The van der Waals surface area contributed by atoms with E-state index in [4.69, 9.17) is 11.6 Å². The molecule has 1 rings (SSSR count). The minimum Gasteiger partial charge on any atom is -0.316 e. The summed E-state index contributed by atoms with van der Waals surface area (Å²) in [6, 6.07) is 8.59. The number of hydrogen-bond donors (Lipinski definition) is 1. The lowest BCUT2D eigenvalue weighted by Gasteiger charge is -2.15. The van der Waals surface area contributed by atoms with Gasteiger partial charge in [-0.25, -0.2) is 0 Å². The van der Waals surface area contributed by atoms with Crippen LogP contribution in [0, 0.1) is 0 Å². The molecule has 0 saturated heterocycles. The Morgan fingerprint density at radius 2 is 2.12 bits per heavy atom. The molecule has 0 fully saturated rings. The Kier molecular flexibility index (Phi) is 7.41. The van der Waals surface area contributed by atoms with E-state index in [-0.39, 0.29) is 0 Å². The lowest BCUT2D eigenvalue weighted by Crippen LogP contribution is -2.27. The first-order chi connectivity index (χ1) is 8.26. The standard InChI is InChI=1S/C14H20ClNS/c1-3-4-5-6-13(16-2)11-17-14-9-7-12(15)8-10-14/h3,7-10,13,16H,1,4-6,11H2,2H3. The number of unbranched alkanes of at least 4 members (excludes halogenated alkanes) is 1. The Morgan fingerprint density at radius 3 is 2.71 bits per heavy atom. The minimum absolute atomic E-state index is 0.565. The van der Waals surface area contributed by atoms with Crippen molar-refractivity contribution < 1.29 is 0 Å². The molecule has 0 aliphatic rings. The first-order valence-corrected chi connectivity index (χ1v) is 7.29. The summed E-state index contributed by atoms with van der Waals surface area (Å²) in [4.78, 5) is 1.28. The second kappa shape index (κ2) is 8.62. The molecule has 94 valence electrons. The van der Waals surface area contributed by atoms with E-state index < -0.39 is 0 Å². The summed E-state index contributed by atoms with van der Waals surface area (Å²) >= 11 is 7.73. The van der Waals surface area contributed by atoms with E-state index in [9.17, 15) is 0 Å². The van der Waals surface area contributed by atoms with Crippen molar-refractivity contribution in [1.29, 1.82) is 0 Å². The third-order valence-corrected chi connectivity index (χ3v) is 4.06. The molecule has 17 heavy (non-hydrogen) atoms. The number of halogens is 1. The third-order valence-electron chi connectivity index (χ3n) is 2.63.